The van der Waals surface area contributed by atoms with Crippen molar-refractivity contribution in [1.29, 1.82) is 0 Å². The average molecular weight is 471 g/mol. The Morgan fingerprint density at radius 1 is 1.15 bits per heavy atom. The fourth-order valence-electron chi connectivity index (χ4n) is 3.12. The van der Waals surface area contributed by atoms with Gasteiger partial charge in [0.05, 0.1) is 18.7 Å². The van der Waals surface area contributed by atoms with Gasteiger partial charge in [-0.05, 0) is 13.0 Å². The maximum absolute atomic E-state index is 13.8. The molecule has 1 aliphatic rings. The van der Waals surface area contributed by atoms with Gasteiger partial charge in [0.1, 0.15) is 18.5 Å². The Labute approximate surface area is 187 Å². The predicted octanol–water partition coefficient (Wildman–Crippen LogP) is 3.92. The van der Waals surface area contributed by atoms with E-state index >= 15 is 0 Å². The van der Waals surface area contributed by atoms with Crippen molar-refractivity contribution in [3.8, 4) is 5.88 Å². The number of aryl methyl sites for hydroxylation is 1. The second-order valence-electron chi connectivity index (χ2n) is 7.77. The van der Waals surface area contributed by atoms with Crippen molar-refractivity contribution in [2.24, 2.45) is 0 Å². The molecule has 1 saturated heterocycles. The highest BCUT2D eigenvalue weighted by atomic mass is 19.2. The van der Waals surface area contributed by atoms with Gasteiger partial charge in [-0.3, -0.25) is 4.79 Å². The summed E-state index contributed by atoms with van der Waals surface area (Å²) in [5, 5.41) is 0. The van der Waals surface area contributed by atoms with Crippen LogP contribution in [0.4, 0.5) is 22.0 Å². The molecule has 1 aromatic carbocycles. The molecule has 1 aliphatic heterocycles. The molecule has 0 N–H and O–H groups in total. The first-order chi connectivity index (χ1) is 15.6. The number of halogens is 5. The van der Waals surface area contributed by atoms with Crippen molar-refractivity contribution in [3.05, 3.63) is 58.3 Å². The van der Waals surface area contributed by atoms with Gasteiger partial charge in [0.25, 0.3) is 0 Å². The van der Waals surface area contributed by atoms with E-state index in [2.05, 4.69) is 9.97 Å². The molecule has 0 bridgehead atoms. The molecule has 33 heavy (non-hydrogen) atoms. The zero-order valence-corrected chi connectivity index (χ0v) is 18.2. The van der Waals surface area contributed by atoms with Crippen molar-refractivity contribution >= 4 is 12.0 Å². The molecule has 2 heterocycles. The van der Waals surface area contributed by atoms with Crippen LogP contribution in [0.25, 0.3) is 6.08 Å². The van der Waals surface area contributed by atoms with E-state index in [9.17, 15) is 26.7 Å². The van der Waals surface area contributed by atoms with E-state index < -0.39 is 46.7 Å². The zero-order valence-electron chi connectivity index (χ0n) is 18.2. The summed E-state index contributed by atoms with van der Waals surface area (Å²) in [6.07, 6.45) is 0.809. The number of hydrogen-bond acceptors (Lipinski definition) is 5. The number of amides is 1. The monoisotopic (exact) mass is 471 g/mol. The summed E-state index contributed by atoms with van der Waals surface area (Å²) in [6, 6.07) is 1.67. The van der Waals surface area contributed by atoms with Crippen molar-refractivity contribution < 1.29 is 36.2 Å². The number of rotatable bonds is 6. The Balaban J connectivity index is 1.65. The topological polar surface area (TPSA) is 64.5 Å². The van der Waals surface area contributed by atoms with Gasteiger partial charge < -0.3 is 14.4 Å². The number of carbonyl (C=O) groups excluding carboxylic acids is 1. The van der Waals surface area contributed by atoms with Crippen molar-refractivity contribution in [2.75, 3.05) is 26.3 Å². The van der Waals surface area contributed by atoms with Crippen LogP contribution in [0.15, 0.2) is 12.1 Å². The van der Waals surface area contributed by atoms with E-state index in [0.717, 1.165) is 11.8 Å². The lowest BCUT2D eigenvalue weighted by Crippen LogP contribution is -2.47. The Bertz CT molecular complexity index is 1050. The number of benzene rings is 1. The molecule has 1 aromatic heterocycles. The van der Waals surface area contributed by atoms with E-state index in [1.807, 2.05) is 20.8 Å². The van der Waals surface area contributed by atoms with Crippen molar-refractivity contribution in [2.45, 2.75) is 32.8 Å². The first-order valence-corrected chi connectivity index (χ1v) is 10.2. The third-order valence-corrected chi connectivity index (χ3v) is 4.87. The molecule has 0 radical (unpaired) electrons. The summed E-state index contributed by atoms with van der Waals surface area (Å²) in [6.45, 7) is 6.25. The minimum atomic E-state index is -2.26. The standard InChI is InChI=1S/C22H22F5N3O3/c1-11(2)22-28-12(3)8-15(29-22)33-10-13-9-30(6-7-32-13)16(31)5-4-14-17(23)19(25)21(27)20(26)18(14)24/h4-5,8,11,13H,6-7,9-10H2,1-3H3. The molecular formula is C22H22F5N3O3. The number of carbonyl (C=O) groups is 1. The van der Waals surface area contributed by atoms with Gasteiger partial charge >= 0.3 is 0 Å². The quantitative estimate of drug-likeness (QED) is 0.277. The second-order valence-corrected chi connectivity index (χ2v) is 7.77. The van der Waals surface area contributed by atoms with Gasteiger partial charge in [0, 0.05) is 30.3 Å². The maximum Gasteiger partial charge on any atom is 0.246 e. The van der Waals surface area contributed by atoms with Crippen LogP contribution in [-0.4, -0.2) is 53.2 Å². The first kappa shape index (κ1) is 24.6. The third kappa shape index (κ3) is 5.65. The highest BCUT2D eigenvalue weighted by Gasteiger charge is 2.26. The number of ether oxygens (including phenoxy) is 2. The maximum atomic E-state index is 13.8. The van der Waals surface area contributed by atoms with Gasteiger partial charge in [-0.15, -0.1) is 0 Å². The van der Waals surface area contributed by atoms with Crippen molar-refractivity contribution in [1.82, 2.24) is 14.9 Å². The zero-order chi connectivity index (χ0) is 24.3. The molecule has 1 unspecified atom stereocenters. The fraction of sp³-hybridized carbons (Fsp3) is 0.409. The van der Waals surface area contributed by atoms with E-state index in [1.54, 1.807) is 6.07 Å². The lowest BCUT2D eigenvalue weighted by molar-refractivity contribution is -0.134. The molecule has 1 amide bonds. The average Bonchev–Trinajstić information content (AvgIpc) is 2.79. The summed E-state index contributed by atoms with van der Waals surface area (Å²) in [5.41, 5.74) is -0.448. The Morgan fingerprint density at radius 2 is 1.79 bits per heavy atom. The van der Waals surface area contributed by atoms with Crippen LogP contribution in [0.5, 0.6) is 5.88 Å². The molecule has 11 heteroatoms. The van der Waals surface area contributed by atoms with E-state index in [0.29, 0.717) is 17.8 Å². The Morgan fingerprint density at radius 3 is 2.42 bits per heavy atom. The summed E-state index contributed by atoms with van der Waals surface area (Å²) in [4.78, 5) is 22.4. The second kappa shape index (κ2) is 10.2. The molecule has 0 spiro atoms. The van der Waals surface area contributed by atoms with Crippen LogP contribution in [0.1, 0.15) is 36.8 Å². The molecule has 0 saturated carbocycles. The minimum Gasteiger partial charge on any atom is -0.475 e. The largest absolute Gasteiger partial charge is 0.475 e. The highest BCUT2D eigenvalue weighted by molar-refractivity contribution is 5.92. The molecule has 3 rings (SSSR count). The number of hydrogen-bond donors (Lipinski definition) is 0. The molecule has 2 aromatic rings. The lowest BCUT2D eigenvalue weighted by Gasteiger charge is -2.32. The molecule has 0 aliphatic carbocycles. The van der Waals surface area contributed by atoms with Crippen LogP contribution in [0.3, 0.4) is 0 Å². The molecule has 178 valence electrons. The molecule has 1 atom stereocenters. The van der Waals surface area contributed by atoms with Crippen LogP contribution < -0.4 is 4.74 Å². The Kier molecular flexibility index (Phi) is 7.62. The first-order valence-electron chi connectivity index (χ1n) is 10.2. The smallest absolute Gasteiger partial charge is 0.246 e. The minimum absolute atomic E-state index is 0.0825. The summed E-state index contributed by atoms with van der Waals surface area (Å²) < 4.78 is 78.6. The van der Waals surface area contributed by atoms with Gasteiger partial charge in [-0.25, -0.2) is 26.9 Å². The summed E-state index contributed by atoms with van der Waals surface area (Å²) in [5.74, 6) is -10.0. The van der Waals surface area contributed by atoms with Gasteiger partial charge in [-0.1, -0.05) is 13.8 Å². The van der Waals surface area contributed by atoms with Crippen LogP contribution >= 0.6 is 0 Å². The predicted molar refractivity (Wildman–Crippen MR) is 108 cm³/mol. The number of aromatic nitrogens is 2. The fourth-order valence-corrected chi connectivity index (χ4v) is 3.12. The SMILES string of the molecule is Cc1cc(OCC2CN(C(=O)C=Cc3c(F)c(F)c(F)c(F)c3F)CCO2)nc(C(C)C)n1. The lowest BCUT2D eigenvalue weighted by atomic mass is 10.1. The third-order valence-electron chi connectivity index (χ3n) is 4.87. The number of nitrogens with zero attached hydrogens (tertiary/aromatic N) is 3. The summed E-state index contributed by atoms with van der Waals surface area (Å²) in [7, 11) is 0. The molecule has 1 fully saturated rings. The normalized spacial score (nSPS) is 16.6. The summed E-state index contributed by atoms with van der Waals surface area (Å²) >= 11 is 0. The van der Waals surface area contributed by atoms with Crippen LogP contribution in [0, 0.1) is 36.0 Å². The highest BCUT2D eigenvalue weighted by Crippen LogP contribution is 2.24. The number of morpholine rings is 1. The molecular weight excluding hydrogens is 449 g/mol. The van der Waals surface area contributed by atoms with Gasteiger partial charge in [0.2, 0.25) is 17.6 Å². The van der Waals surface area contributed by atoms with Crippen molar-refractivity contribution in [3.63, 3.8) is 0 Å². The van der Waals surface area contributed by atoms with E-state index in [4.69, 9.17) is 9.47 Å². The van der Waals surface area contributed by atoms with Gasteiger partial charge in [-0.2, -0.15) is 4.98 Å². The van der Waals surface area contributed by atoms with Crippen LogP contribution in [-0.2, 0) is 9.53 Å². The van der Waals surface area contributed by atoms with Gasteiger partial charge in [0.15, 0.2) is 23.3 Å². The van der Waals surface area contributed by atoms with Crippen LogP contribution in [0.2, 0.25) is 0 Å². The van der Waals surface area contributed by atoms with E-state index in [-0.39, 0.29) is 32.2 Å². The molecule has 6 nitrogen and oxygen atoms in total. The van der Waals surface area contributed by atoms with E-state index in [1.165, 1.54) is 4.90 Å². The Hall–Kier alpha value is -3.08.